The third-order valence-corrected chi connectivity index (χ3v) is 4.54. The van der Waals surface area contributed by atoms with Crippen molar-refractivity contribution in [2.75, 3.05) is 39.4 Å². The summed E-state index contributed by atoms with van der Waals surface area (Å²) in [6.07, 6.45) is 2.00. The maximum absolute atomic E-state index is 12.6. The van der Waals surface area contributed by atoms with Crippen molar-refractivity contribution in [3.8, 4) is 0 Å². The van der Waals surface area contributed by atoms with E-state index in [1.165, 1.54) is 0 Å². The SMILES string of the molecule is CC(C)c1noc(CN2CCC[C@@H](C(=O)N3CCOCC3)C2)n1. The second-order valence-corrected chi connectivity index (χ2v) is 6.71. The molecule has 0 spiro atoms. The van der Waals surface area contributed by atoms with Gasteiger partial charge in [-0.05, 0) is 19.4 Å². The summed E-state index contributed by atoms with van der Waals surface area (Å²) >= 11 is 0. The van der Waals surface area contributed by atoms with Crippen molar-refractivity contribution in [3.05, 3.63) is 11.7 Å². The molecule has 1 aromatic heterocycles. The van der Waals surface area contributed by atoms with Crippen LogP contribution in [0.5, 0.6) is 0 Å². The number of rotatable bonds is 4. The Hall–Kier alpha value is -1.47. The van der Waals surface area contributed by atoms with Gasteiger partial charge in [0, 0.05) is 25.6 Å². The number of hydrogen-bond acceptors (Lipinski definition) is 6. The lowest BCUT2D eigenvalue weighted by Gasteiger charge is -2.35. The van der Waals surface area contributed by atoms with E-state index in [1.807, 2.05) is 18.7 Å². The lowest BCUT2D eigenvalue weighted by Crippen LogP contribution is -2.48. The summed E-state index contributed by atoms with van der Waals surface area (Å²) in [5.41, 5.74) is 0. The van der Waals surface area contributed by atoms with Gasteiger partial charge < -0.3 is 14.2 Å². The van der Waals surface area contributed by atoms with Gasteiger partial charge in [0.1, 0.15) is 0 Å². The van der Waals surface area contributed by atoms with Crippen LogP contribution in [0.4, 0.5) is 0 Å². The molecular weight excluding hydrogens is 296 g/mol. The molecule has 0 N–H and O–H groups in total. The predicted octanol–water partition coefficient (Wildman–Crippen LogP) is 1.26. The summed E-state index contributed by atoms with van der Waals surface area (Å²) in [5.74, 6) is 2.01. The van der Waals surface area contributed by atoms with E-state index in [0.29, 0.717) is 25.6 Å². The van der Waals surface area contributed by atoms with Crippen molar-refractivity contribution >= 4 is 5.91 Å². The van der Waals surface area contributed by atoms with Crippen molar-refractivity contribution in [2.45, 2.75) is 39.2 Å². The van der Waals surface area contributed by atoms with Crippen LogP contribution in [0.2, 0.25) is 0 Å². The normalized spacial score (nSPS) is 23.4. The van der Waals surface area contributed by atoms with E-state index in [-0.39, 0.29) is 17.7 Å². The first-order chi connectivity index (χ1) is 11.1. The molecule has 2 aliphatic heterocycles. The molecule has 23 heavy (non-hydrogen) atoms. The highest BCUT2D eigenvalue weighted by atomic mass is 16.5. The minimum atomic E-state index is 0.0781. The summed E-state index contributed by atoms with van der Waals surface area (Å²) in [5, 5.41) is 4.01. The second kappa shape index (κ2) is 7.40. The molecular formula is C16H26N4O3. The van der Waals surface area contributed by atoms with Gasteiger partial charge in [-0.2, -0.15) is 4.98 Å². The summed E-state index contributed by atoms with van der Waals surface area (Å²) < 4.78 is 10.7. The largest absolute Gasteiger partial charge is 0.378 e. The third-order valence-electron chi connectivity index (χ3n) is 4.54. The number of likely N-dealkylation sites (tertiary alicyclic amines) is 1. The van der Waals surface area contributed by atoms with Crippen molar-refractivity contribution in [3.63, 3.8) is 0 Å². The van der Waals surface area contributed by atoms with E-state index >= 15 is 0 Å². The Morgan fingerprint density at radius 1 is 1.30 bits per heavy atom. The molecule has 0 bridgehead atoms. The van der Waals surface area contributed by atoms with Gasteiger partial charge in [0.15, 0.2) is 5.82 Å². The van der Waals surface area contributed by atoms with Crippen LogP contribution >= 0.6 is 0 Å². The molecule has 0 saturated carbocycles. The molecule has 0 aliphatic carbocycles. The molecule has 0 radical (unpaired) electrons. The smallest absolute Gasteiger partial charge is 0.240 e. The Kier molecular flexibility index (Phi) is 5.27. The van der Waals surface area contributed by atoms with Crippen molar-refractivity contribution in [2.24, 2.45) is 5.92 Å². The van der Waals surface area contributed by atoms with Crippen LogP contribution < -0.4 is 0 Å². The van der Waals surface area contributed by atoms with Gasteiger partial charge in [-0.1, -0.05) is 19.0 Å². The van der Waals surface area contributed by atoms with Crippen molar-refractivity contribution < 1.29 is 14.1 Å². The number of piperidine rings is 1. The molecule has 0 unspecified atom stereocenters. The molecule has 128 valence electrons. The molecule has 3 heterocycles. The van der Waals surface area contributed by atoms with E-state index < -0.39 is 0 Å². The molecule has 1 aromatic rings. The lowest BCUT2D eigenvalue weighted by atomic mass is 9.96. The summed E-state index contributed by atoms with van der Waals surface area (Å²) in [6.45, 7) is 9.23. The Balaban J connectivity index is 1.55. The van der Waals surface area contributed by atoms with Crippen LogP contribution in [0.1, 0.15) is 44.3 Å². The standard InChI is InChI=1S/C16H26N4O3/c1-12(2)15-17-14(23-18-15)11-19-5-3-4-13(10-19)16(21)20-6-8-22-9-7-20/h12-13H,3-11H2,1-2H3/t13-/m1/s1. The van der Waals surface area contributed by atoms with Crippen LogP contribution in [0.25, 0.3) is 0 Å². The van der Waals surface area contributed by atoms with Crippen LogP contribution in [-0.4, -0.2) is 65.2 Å². The fourth-order valence-electron chi connectivity index (χ4n) is 3.20. The van der Waals surface area contributed by atoms with E-state index in [4.69, 9.17) is 9.26 Å². The molecule has 7 nitrogen and oxygen atoms in total. The molecule has 2 saturated heterocycles. The van der Waals surface area contributed by atoms with E-state index in [9.17, 15) is 4.79 Å². The van der Waals surface area contributed by atoms with Gasteiger partial charge in [0.25, 0.3) is 0 Å². The van der Waals surface area contributed by atoms with Crippen molar-refractivity contribution in [1.29, 1.82) is 0 Å². The first-order valence-corrected chi connectivity index (χ1v) is 8.55. The Labute approximate surface area is 137 Å². The zero-order valence-corrected chi connectivity index (χ0v) is 14.0. The number of carbonyl (C=O) groups excluding carboxylic acids is 1. The zero-order chi connectivity index (χ0) is 16.2. The molecule has 0 aromatic carbocycles. The highest BCUT2D eigenvalue weighted by Gasteiger charge is 2.30. The van der Waals surface area contributed by atoms with Gasteiger partial charge in [-0.3, -0.25) is 9.69 Å². The summed E-state index contributed by atoms with van der Waals surface area (Å²) in [4.78, 5) is 21.3. The quantitative estimate of drug-likeness (QED) is 0.831. The zero-order valence-electron chi connectivity index (χ0n) is 14.0. The maximum atomic E-state index is 12.6. The van der Waals surface area contributed by atoms with E-state index in [0.717, 1.165) is 44.8 Å². The lowest BCUT2D eigenvalue weighted by molar-refractivity contribution is -0.141. The fourth-order valence-corrected chi connectivity index (χ4v) is 3.20. The monoisotopic (exact) mass is 322 g/mol. The van der Waals surface area contributed by atoms with Gasteiger partial charge in [0.05, 0.1) is 25.7 Å². The molecule has 3 rings (SSSR count). The highest BCUT2D eigenvalue weighted by molar-refractivity contribution is 5.79. The van der Waals surface area contributed by atoms with Crippen molar-refractivity contribution in [1.82, 2.24) is 19.9 Å². The topological polar surface area (TPSA) is 71.7 Å². The Morgan fingerprint density at radius 2 is 2.09 bits per heavy atom. The number of aromatic nitrogens is 2. The Bertz CT molecular complexity index is 525. The van der Waals surface area contributed by atoms with Crippen LogP contribution in [0.15, 0.2) is 4.52 Å². The molecule has 2 aliphatic rings. The average molecular weight is 322 g/mol. The number of morpholine rings is 1. The van der Waals surface area contributed by atoms with Gasteiger partial charge in [-0.25, -0.2) is 0 Å². The third kappa shape index (κ3) is 4.09. The first kappa shape index (κ1) is 16.4. The summed E-state index contributed by atoms with van der Waals surface area (Å²) in [6, 6.07) is 0. The molecule has 1 amide bonds. The first-order valence-electron chi connectivity index (χ1n) is 8.55. The highest BCUT2D eigenvalue weighted by Crippen LogP contribution is 2.21. The minimum Gasteiger partial charge on any atom is -0.378 e. The molecule has 7 heteroatoms. The maximum Gasteiger partial charge on any atom is 0.240 e. The average Bonchev–Trinajstić information content (AvgIpc) is 3.04. The van der Waals surface area contributed by atoms with Gasteiger partial charge >= 0.3 is 0 Å². The van der Waals surface area contributed by atoms with Crippen LogP contribution in [-0.2, 0) is 16.1 Å². The van der Waals surface area contributed by atoms with Gasteiger partial charge in [0.2, 0.25) is 11.8 Å². The number of ether oxygens (including phenoxy) is 1. The number of hydrogen-bond donors (Lipinski definition) is 0. The molecule has 1 atom stereocenters. The Morgan fingerprint density at radius 3 is 2.78 bits per heavy atom. The summed E-state index contributed by atoms with van der Waals surface area (Å²) in [7, 11) is 0. The van der Waals surface area contributed by atoms with Gasteiger partial charge in [-0.15, -0.1) is 0 Å². The second-order valence-electron chi connectivity index (χ2n) is 6.71. The fraction of sp³-hybridized carbons (Fsp3) is 0.812. The van der Waals surface area contributed by atoms with Crippen LogP contribution in [0.3, 0.4) is 0 Å². The number of carbonyl (C=O) groups is 1. The predicted molar refractivity (Wildman–Crippen MR) is 83.8 cm³/mol. The minimum absolute atomic E-state index is 0.0781. The molecule has 2 fully saturated rings. The number of amides is 1. The van der Waals surface area contributed by atoms with Crippen LogP contribution in [0, 0.1) is 5.92 Å². The number of nitrogens with zero attached hydrogens (tertiary/aromatic N) is 4. The van der Waals surface area contributed by atoms with E-state index in [1.54, 1.807) is 0 Å². The van der Waals surface area contributed by atoms with E-state index in [2.05, 4.69) is 15.0 Å².